The lowest BCUT2D eigenvalue weighted by molar-refractivity contribution is -0.133. The molecule has 0 aliphatic carbocycles. The summed E-state index contributed by atoms with van der Waals surface area (Å²) < 4.78 is 1.30. The zero-order valence-corrected chi connectivity index (χ0v) is 12.9. The second kappa shape index (κ2) is 6.49. The van der Waals surface area contributed by atoms with Crippen LogP contribution in [0.2, 0.25) is 5.02 Å². The maximum absolute atomic E-state index is 12.2. The molecular weight excluding hydrogens is 318 g/mol. The molecule has 1 atom stereocenters. The zero-order chi connectivity index (χ0) is 17.0. The molecule has 0 aliphatic heterocycles. The van der Waals surface area contributed by atoms with Crippen LogP contribution in [0, 0.1) is 22.7 Å². The Morgan fingerprint density at radius 2 is 2.13 bits per heavy atom. The number of benzene rings is 1. The number of halogens is 1. The zero-order valence-electron chi connectivity index (χ0n) is 12.1. The Morgan fingerprint density at radius 1 is 1.43 bits per heavy atom. The third kappa shape index (κ3) is 3.86. The average Bonchev–Trinajstić information content (AvgIpc) is 2.96. The SMILES string of the molecule is C[C@](O)(Cn1cc(C#N)cn1)C(=O)Nc1ccc(C#N)cc1Cl. The van der Waals surface area contributed by atoms with Gasteiger partial charge >= 0.3 is 0 Å². The average molecular weight is 330 g/mol. The number of hydrogen-bond acceptors (Lipinski definition) is 5. The van der Waals surface area contributed by atoms with Crippen molar-refractivity contribution in [3.63, 3.8) is 0 Å². The fraction of sp³-hybridized carbons (Fsp3) is 0.200. The highest BCUT2D eigenvalue weighted by Gasteiger charge is 2.31. The van der Waals surface area contributed by atoms with Gasteiger partial charge in [-0.05, 0) is 25.1 Å². The lowest BCUT2D eigenvalue weighted by atomic mass is 10.1. The Morgan fingerprint density at radius 3 is 2.70 bits per heavy atom. The molecule has 1 aromatic carbocycles. The number of carbonyl (C=O) groups is 1. The molecule has 0 spiro atoms. The van der Waals surface area contributed by atoms with Gasteiger partial charge in [-0.1, -0.05) is 11.6 Å². The fourth-order valence-corrected chi connectivity index (χ4v) is 2.07. The Kier molecular flexibility index (Phi) is 4.65. The van der Waals surface area contributed by atoms with E-state index in [-0.39, 0.29) is 17.3 Å². The summed E-state index contributed by atoms with van der Waals surface area (Å²) in [5.41, 5.74) is -0.790. The van der Waals surface area contributed by atoms with Crippen molar-refractivity contribution in [1.82, 2.24) is 9.78 Å². The van der Waals surface area contributed by atoms with Crippen LogP contribution in [0.5, 0.6) is 0 Å². The molecule has 7 nitrogen and oxygen atoms in total. The minimum atomic E-state index is -1.77. The van der Waals surface area contributed by atoms with E-state index in [9.17, 15) is 9.90 Å². The van der Waals surface area contributed by atoms with Crippen LogP contribution in [-0.4, -0.2) is 26.4 Å². The topological polar surface area (TPSA) is 115 Å². The van der Waals surface area contributed by atoms with E-state index in [4.69, 9.17) is 22.1 Å². The normalized spacial score (nSPS) is 12.7. The molecule has 0 radical (unpaired) electrons. The van der Waals surface area contributed by atoms with E-state index < -0.39 is 11.5 Å². The number of nitrogens with zero attached hydrogens (tertiary/aromatic N) is 4. The van der Waals surface area contributed by atoms with Crippen LogP contribution in [0.25, 0.3) is 0 Å². The molecule has 116 valence electrons. The number of carbonyl (C=O) groups excluding carboxylic acids is 1. The Balaban J connectivity index is 2.12. The maximum Gasteiger partial charge on any atom is 0.258 e. The molecule has 1 amide bonds. The molecule has 2 N–H and O–H groups in total. The van der Waals surface area contributed by atoms with Crippen molar-refractivity contribution in [2.45, 2.75) is 19.1 Å². The largest absolute Gasteiger partial charge is 0.378 e. The highest BCUT2D eigenvalue weighted by molar-refractivity contribution is 6.33. The van der Waals surface area contributed by atoms with Gasteiger partial charge in [-0.2, -0.15) is 15.6 Å². The standard InChI is InChI=1S/C15H12ClN5O2/c1-15(23,9-21-8-11(6-18)7-19-21)14(22)20-13-3-2-10(5-17)4-12(13)16/h2-4,7-8,23H,9H2,1H3,(H,20,22)/t15-/m0/s1. The number of hydrogen-bond donors (Lipinski definition) is 2. The smallest absolute Gasteiger partial charge is 0.258 e. The summed E-state index contributed by atoms with van der Waals surface area (Å²) in [6.07, 6.45) is 2.77. The first-order valence-electron chi connectivity index (χ1n) is 6.52. The molecular formula is C15H12ClN5O2. The number of aliphatic hydroxyl groups is 1. The third-order valence-electron chi connectivity index (χ3n) is 3.07. The van der Waals surface area contributed by atoms with Crippen LogP contribution in [0.15, 0.2) is 30.6 Å². The summed E-state index contributed by atoms with van der Waals surface area (Å²) in [4.78, 5) is 12.2. The van der Waals surface area contributed by atoms with Gasteiger partial charge in [-0.3, -0.25) is 9.48 Å². The van der Waals surface area contributed by atoms with Gasteiger partial charge in [0.2, 0.25) is 0 Å². The lowest BCUT2D eigenvalue weighted by Gasteiger charge is -2.22. The second-order valence-electron chi connectivity index (χ2n) is 5.07. The molecule has 0 aliphatic rings. The van der Waals surface area contributed by atoms with Crippen molar-refractivity contribution in [3.05, 3.63) is 46.7 Å². The predicted molar refractivity (Wildman–Crippen MR) is 82.4 cm³/mol. The molecule has 0 bridgehead atoms. The first-order chi connectivity index (χ1) is 10.9. The van der Waals surface area contributed by atoms with E-state index in [0.29, 0.717) is 11.1 Å². The van der Waals surface area contributed by atoms with Gasteiger partial charge in [0.25, 0.3) is 5.91 Å². The first kappa shape index (κ1) is 16.5. The Bertz CT molecular complexity index is 829. The first-order valence-corrected chi connectivity index (χ1v) is 6.89. The van der Waals surface area contributed by atoms with Gasteiger partial charge in [-0.25, -0.2) is 0 Å². The monoisotopic (exact) mass is 329 g/mol. The number of anilines is 1. The lowest BCUT2D eigenvalue weighted by Crippen LogP contribution is -2.43. The van der Waals surface area contributed by atoms with Crippen molar-refractivity contribution in [3.8, 4) is 12.1 Å². The molecule has 8 heteroatoms. The molecule has 0 fully saturated rings. The van der Waals surface area contributed by atoms with Crippen molar-refractivity contribution in [1.29, 1.82) is 10.5 Å². The molecule has 2 aromatic rings. The van der Waals surface area contributed by atoms with Gasteiger partial charge in [0, 0.05) is 6.20 Å². The third-order valence-corrected chi connectivity index (χ3v) is 3.38. The van der Waals surface area contributed by atoms with E-state index in [1.165, 1.54) is 42.2 Å². The highest BCUT2D eigenvalue weighted by Crippen LogP contribution is 2.24. The molecule has 0 unspecified atom stereocenters. The van der Waals surface area contributed by atoms with Crippen molar-refractivity contribution in [2.75, 3.05) is 5.32 Å². The minimum absolute atomic E-state index is 0.131. The van der Waals surface area contributed by atoms with Crippen LogP contribution >= 0.6 is 11.6 Å². The number of rotatable bonds is 4. The minimum Gasteiger partial charge on any atom is -0.378 e. The summed E-state index contributed by atoms with van der Waals surface area (Å²) in [6, 6.07) is 8.25. The van der Waals surface area contributed by atoms with Gasteiger partial charge in [-0.15, -0.1) is 0 Å². The maximum atomic E-state index is 12.2. The van der Waals surface area contributed by atoms with Crippen molar-refractivity contribution < 1.29 is 9.90 Å². The van der Waals surface area contributed by atoms with Crippen LogP contribution in [-0.2, 0) is 11.3 Å². The number of aromatic nitrogens is 2. The van der Waals surface area contributed by atoms with Crippen LogP contribution in [0.1, 0.15) is 18.1 Å². The van der Waals surface area contributed by atoms with E-state index in [2.05, 4.69) is 10.4 Å². The van der Waals surface area contributed by atoms with E-state index >= 15 is 0 Å². The molecule has 0 saturated heterocycles. The molecule has 23 heavy (non-hydrogen) atoms. The predicted octanol–water partition coefficient (Wildman–Crippen LogP) is 1.67. The van der Waals surface area contributed by atoms with E-state index in [0.717, 1.165) is 0 Å². The fourth-order valence-electron chi connectivity index (χ4n) is 1.84. The summed E-state index contributed by atoms with van der Waals surface area (Å²) in [6.45, 7) is 1.20. The van der Waals surface area contributed by atoms with Crippen molar-refractivity contribution in [2.24, 2.45) is 0 Å². The van der Waals surface area contributed by atoms with Gasteiger partial charge in [0.1, 0.15) is 6.07 Å². The Labute approximate surface area is 137 Å². The number of nitriles is 2. The summed E-state index contributed by atoms with van der Waals surface area (Å²) in [7, 11) is 0. The number of amides is 1. The van der Waals surface area contributed by atoms with Gasteiger partial charge < -0.3 is 10.4 Å². The molecule has 2 rings (SSSR count). The van der Waals surface area contributed by atoms with Crippen LogP contribution in [0.3, 0.4) is 0 Å². The van der Waals surface area contributed by atoms with Crippen LogP contribution in [0.4, 0.5) is 5.69 Å². The van der Waals surface area contributed by atoms with E-state index in [1.54, 1.807) is 0 Å². The van der Waals surface area contributed by atoms with Gasteiger partial charge in [0.15, 0.2) is 5.60 Å². The van der Waals surface area contributed by atoms with E-state index in [1.807, 2.05) is 12.1 Å². The summed E-state index contributed by atoms with van der Waals surface area (Å²) >= 11 is 5.98. The molecule has 1 aromatic heterocycles. The van der Waals surface area contributed by atoms with Gasteiger partial charge in [0.05, 0.1) is 40.6 Å². The van der Waals surface area contributed by atoms with Crippen molar-refractivity contribution >= 4 is 23.2 Å². The summed E-state index contributed by atoms with van der Waals surface area (Å²) in [5, 5.41) is 34.4. The molecule has 1 heterocycles. The second-order valence-corrected chi connectivity index (χ2v) is 5.48. The summed E-state index contributed by atoms with van der Waals surface area (Å²) in [5.74, 6) is -0.682. The number of nitrogens with one attached hydrogen (secondary N) is 1. The molecule has 0 saturated carbocycles. The highest BCUT2D eigenvalue weighted by atomic mass is 35.5. The van der Waals surface area contributed by atoms with Crippen LogP contribution < -0.4 is 5.32 Å². The quantitative estimate of drug-likeness (QED) is 0.885. The Hall–Kier alpha value is -2.87.